The Morgan fingerprint density at radius 2 is 1.93 bits per heavy atom. The third-order valence-electron chi connectivity index (χ3n) is 6.00. The number of nitrogens with zero attached hydrogens (tertiary/aromatic N) is 3. The molecule has 1 N–H and O–H groups in total. The van der Waals surface area contributed by atoms with Crippen molar-refractivity contribution in [2.24, 2.45) is 5.41 Å². The van der Waals surface area contributed by atoms with E-state index in [0.717, 1.165) is 5.75 Å². The van der Waals surface area contributed by atoms with Crippen molar-refractivity contribution in [3.8, 4) is 5.75 Å². The maximum absolute atomic E-state index is 13.2. The van der Waals surface area contributed by atoms with Crippen LogP contribution >= 0.6 is 0 Å². The molecule has 2 aliphatic rings. The van der Waals surface area contributed by atoms with Crippen molar-refractivity contribution >= 4 is 27.6 Å². The predicted octanol–water partition coefficient (Wildman–Crippen LogP) is 1.43. The van der Waals surface area contributed by atoms with Crippen LogP contribution in [0.1, 0.15) is 19.8 Å². The zero-order chi connectivity index (χ0) is 22.1. The number of benzene rings is 1. The van der Waals surface area contributed by atoms with E-state index in [1.54, 1.807) is 43.3 Å². The van der Waals surface area contributed by atoms with E-state index in [4.69, 9.17) is 4.74 Å². The molecule has 3 amide bonds. The highest BCUT2D eigenvalue weighted by Crippen LogP contribution is 2.43. The maximum Gasteiger partial charge on any atom is 0.321 e. The van der Waals surface area contributed by atoms with Gasteiger partial charge in [-0.25, -0.2) is 17.5 Å². The van der Waals surface area contributed by atoms with Gasteiger partial charge >= 0.3 is 6.03 Å². The lowest BCUT2D eigenvalue weighted by atomic mass is 9.72. The zero-order valence-electron chi connectivity index (χ0n) is 17.9. The molecule has 9 nitrogen and oxygen atoms in total. The summed E-state index contributed by atoms with van der Waals surface area (Å²) in [5.74, 6) is 0.472. The first-order chi connectivity index (χ1) is 14.1. The third kappa shape index (κ3) is 4.11. The molecule has 2 fully saturated rings. The molecule has 10 heteroatoms. The van der Waals surface area contributed by atoms with E-state index in [9.17, 15) is 18.0 Å². The lowest BCUT2D eigenvalue weighted by Gasteiger charge is -2.52. The highest BCUT2D eigenvalue weighted by molar-refractivity contribution is 7.89. The number of hydrogen-bond donors (Lipinski definition) is 1. The third-order valence-corrected chi connectivity index (χ3v) is 7.86. The average Bonchev–Trinajstić information content (AvgIpc) is 2.71. The maximum atomic E-state index is 13.2. The second-order valence-corrected chi connectivity index (χ2v) is 10.2. The predicted molar refractivity (Wildman–Crippen MR) is 114 cm³/mol. The van der Waals surface area contributed by atoms with E-state index in [1.807, 2.05) is 6.92 Å². The second kappa shape index (κ2) is 8.43. The van der Waals surface area contributed by atoms with E-state index < -0.39 is 21.5 Å². The van der Waals surface area contributed by atoms with Crippen LogP contribution in [0.25, 0.3) is 0 Å². The molecule has 0 aromatic heterocycles. The van der Waals surface area contributed by atoms with Crippen LogP contribution in [-0.2, 0) is 14.8 Å². The highest BCUT2D eigenvalue weighted by atomic mass is 32.2. The van der Waals surface area contributed by atoms with Gasteiger partial charge in [0.1, 0.15) is 5.75 Å². The fourth-order valence-electron chi connectivity index (χ4n) is 4.44. The molecule has 2 heterocycles. The highest BCUT2D eigenvalue weighted by Gasteiger charge is 2.57. The number of urea groups is 1. The molecule has 0 radical (unpaired) electrons. The number of rotatable bonds is 4. The summed E-state index contributed by atoms with van der Waals surface area (Å²) in [4.78, 5) is 29.2. The Kier molecular flexibility index (Phi) is 6.28. The summed E-state index contributed by atoms with van der Waals surface area (Å²) in [5.41, 5.74) is -0.320. The first-order valence-corrected chi connectivity index (χ1v) is 11.7. The number of hydrogen-bond acceptors (Lipinski definition) is 5. The standard InChI is InChI=1S/C20H30N4O5S/c1-5-29-16-8-6-15(7-9-16)21-19(26)24-12-10-17-20(14-24,18(25)22(2)3)11-13-30(27,28)23(17)4/h6-9,17H,5,10-14H2,1-4H3,(H,21,26)/t17-,20+/m1/s1. The summed E-state index contributed by atoms with van der Waals surface area (Å²) in [5, 5.41) is 2.86. The van der Waals surface area contributed by atoms with Crippen molar-refractivity contribution in [3.05, 3.63) is 24.3 Å². The molecule has 0 bridgehead atoms. The van der Waals surface area contributed by atoms with Gasteiger partial charge in [0.2, 0.25) is 15.9 Å². The number of ether oxygens (including phenoxy) is 1. The van der Waals surface area contributed by atoms with Crippen molar-refractivity contribution in [3.63, 3.8) is 0 Å². The van der Waals surface area contributed by atoms with E-state index >= 15 is 0 Å². The van der Waals surface area contributed by atoms with Crippen molar-refractivity contribution in [1.82, 2.24) is 14.1 Å². The number of carbonyl (C=O) groups excluding carboxylic acids is 2. The Balaban J connectivity index is 1.80. The van der Waals surface area contributed by atoms with Crippen LogP contribution in [0, 0.1) is 5.41 Å². The van der Waals surface area contributed by atoms with E-state index in [0.29, 0.717) is 25.3 Å². The lowest BCUT2D eigenvalue weighted by molar-refractivity contribution is -0.146. The minimum Gasteiger partial charge on any atom is -0.494 e. The van der Waals surface area contributed by atoms with Gasteiger partial charge in [-0.05, 0) is 44.0 Å². The number of likely N-dealkylation sites (tertiary alicyclic amines) is 1. The molecule has 0 saturated carbocycles. The Bertz CT molecular complexity index is 902. The van der Waals surface area contributed by atoms with Crippen LogP contribution in [0.2, 0.25) is 0 Å². The molecule has 0 aliphatic carbocycles. The smallest absolute Gasteiger partial charge is 0.321 e. The van der Waals surface area contributed by atoms with Gasteiger partial charge in [-0.3, -0.25) is 4.79 Å². The summed E-state index contributed by atoms with van der Waals surface area (Å²) < 4.78 is 31.5. The van der Waals surface area contributed by atoms with Crippen molar-refractivity contribution in [2.45, 2.75) is 25.8 Å². The van der Waals surface area contributed by atoms with Gasteiger partial charge in [-0.2, -0.15) is 0 Å². The van der Waals surface area contributed by atoms with Crippen LogP contribution in [0.5, 0.6) is 5.75 Å². The van der Waals surface area contributed by atoms with E-state index in [2.05, 4.69) is 5.32 Å². The zero-order valence-corrected chi connectivity index (χ0v) is 18.7. The quantitative estimate of drug-likeness (QED) is 0.767. The molecular formula is C20H30N4O5S. The number of amides is 3. The molecule has 3 rings (SSSR count). The number of fused-ring (bicyclic) bond motifs is 1. The molecule has 2 saturated heterocycles. The van der Waals surface area contributed by atoms with Gasteiger partial charge in [0.25, 0.3) is 0 Å². The van der Waals surface area contributed by atoms with E-state index in [-0.39, 0.29) is 30.7 Å². The van der Waals surface area contributed by atoms with Crippen LogP contribution in [0.4, 0.5) is 10.5 Å². The van der Waals surface area contributed by atoms with Gasteiger partial charge in [-0.15, -0.1) is 0 Å². The molecule has 2 atom stereocenters. The minimum absolute atomic E-state index is 0.103. The van der Waals surface area contributed by atoms with Crippen molar-refractivity contribution < 1.29 is 22.7 Å². The fourth-order valence-corrected chi connectivity index (χ4v) is 6.05. The Hall–Kier alpha value is -2.33. The summed E-state index contributed by atoms with van der Waals surface area (Å²) in [7, 11) is 1.47. The molecule has 166 valence electrons. The monoisotopic (exact) mass is 438 g/mol. The molecule has 1 aromatic rings. The van der Waals surface area contributed by atoms with Crippen LogP contribution in [0.3, 0.4) is 0 Å². The number of nitrogens with one attached hydrogen (secondary N) is 1. The molecule has 30 heavy (non-hydrogen) atoms. The van der Waals surface area contributed by atoms with Crippen LogP contribution in [0.15, 0.2) is 24.3 Å². The Morgan fingerprint density at radius 1 is 1.27 bits per heavy atom. The van der Waals surface area contributed by atoms with Crippen LogP contribution in [-0.4, -0.2) is 87.1 Å². The van der Waals surface area contributed by atoms with Gasteiger partial charge in [0.15, 0.2) is 0 Å². The first kappa shape index (κ1) is 22.4. The normalized spacial score (nSPS) is 25.9. The summed E-state index contributed by atoms with van der Waals surface area (Å²) in [6.07, 6.45) is 0.611. The van der Waals surface area contributed by atoms with E-state index in [1.165, 1.54) is 16.3 Å². The van der Waals surface area contributed by atoms with Crippen molar-refractivity contribution in [2.75, 3.05) is 51.9 Å². The van der Waals surface area contributed by atoms with Gasteiger partial charge < -0.3 is 19.9 Å². The number of piperidine rings is 1. The van der Waals surface area contributed by atoms with Gasteiger partial charge in [0, 0.05) is 46.0 Å². The fraction of sp³-hybridized carbons (Fsp3) is 0.600. The number of anilines is 1. The SMILES string of the molecule is CCOc1ccc(NC(=O)N2CC[C@H]3N(C)S(=O)(=O)CC[C@]3(C(=O)N(C)C)C2)cc1. The second-order valence-electron chi connectivity index (χ2n) is 8.05. The summed E-state index contributed by atoms with van der Waals surface area (Å²) in [6, 6.07) is 6.32. The first-order valence-electron chi connectivity index (χ1n) is 10.1. The molecule has 2 aliphatic heterocycles. The largest absolute Gasteiger partial charge is 0.494 e. The molecule has 0 spiro atoms. The Morgan fingerprint density at radius 3 is 2.53 bits per heavy atom. The molecule has 0 unspecified atom stereocenters. The molecular weight excluding hydrogens is 408 g/mol. The number of sulfonamides is 1. The average molecular weight is 439 g/mol. The lowest BCUT2D eigenvalue weighted by Crippen LogP contribution is -2.67. The van der Waals surface area contributed by atoms with Gasteiger partial charge in [0.05, 0.1) is 17.8 Å². The Labute approximate surface area is 178 Å². The number of carbonyl (C=O) groups is 2. The van der Waals surface area contributed by atoms with Crippen LogP contribution < -0.4 is 10.1 Å². The summed E-state index contributed by atoms with van der Waals surface area (Å²) >= 11 is 0. The van der Waals surface area contributed by atoms with Crippen molar-refractivity contribution in [1.29, 1.82) is 0 Å². The topological polar surface area (TPSA) is 99.3 Å². The minimum atomic E-state index is -3.39. The van der Waals surface area contributed by atoms with Gasteiger partial charge in [-0.1, -0.05) is 0 Å². The molecule has 1 aromatic carbocycles. The summed E-state index contributed by atoms with van der Waals surface area (Å²) in [6.45, 7) is 3.01.